The maximum Gasteiger partial charge on any atom is 0.251 e. The Hall–Kier alpha value is -2.73. The van der Waals surface area contributed by atoms with Crippen LogP contribution >= 0.6 is 0 Å². The Kier molecular flexibility index (Phi) is 7.10. The number of methoxy groups -OCH3 is 1. The van der Waals surface area contributed by atoms with Gasteiger partial charge in [-0.2, -0.15) is 0 Å². The van der Waals surface area contributed by atoms with Crippen LogP contribution in [0.15, 0.2) is 54.6 Å². The largest absolute Gasteiger partial charge is 0.383 e. The fourth-order valence-electron chi connectivity index (χ4n) is 2.30. The second-order valence-electron chi connectivity index (χ2n) is 5.49. The topological polar surface area (TPSA) is 58.6 Å². The second-order valence-corrected chi connectivity index (χ2v) is 5.49. The second kappa shape index (κ2) is 9.54. The van der Waals surface area contributed by atoms with Gasteiger partial charge in [0, 0.05) is 25.8 Å². The highest BCUT2D eigenvalue weighted by Crippen LogP contribution is 2.06. The van der Waals surface area contributed by atoms with Crippen LogP contribution in [0.5, 0.6) is 0 Å². The van der Waals surface area contributed by atoms with Crippen molar-refractivity contribution in [2.45, 2.75) is 6.54 Å². The van der Waals surface area contributed by atoms with Crippen LogP contribution in [0.1, 0.15) is 15.9 Å². The highest BCUT2D eigenvalue weighted by atomic mass is 19.1. The summed E-state index contributed by atoms with van der Waals surface area (Å²) in [7, 11) is 1.57. The van der Waals surface area contributed by atoms with Gasteiger partial charge in [-0.15, -0.1) is 0 Å². The third-order valence-electron chi connectivity index (χ3n) is 3.62. The Morgan fingerprint density at radius 3 is 2.56 bits per heavy atom. The average Bonchev–Trinajstić information content (AvgIpc) is 2.63. The molecule has 0 radical (unpaired) electrons. The van der Waals surface area contributed by atoms with Crippen molar-refractivity contribution in [3.63, 3.8) is 0 Å². The lowest BCUT2D eigenvalue weighted by molar-refractivity contribution is -0.131. The number of carbonyl (C=O) groups excluding carboxylic acids is 2. The fourth-order valence-corrected chi connectivity index (χ4v) is 2.30. The molecule has 0 heterocycles. The number of benzene rings is 2. The summed E-state index contributed by atoms with van der Waals surface area (Å²) in [6.07, 6.45) is 0. The van der Waals surface area contributed by atoms with Crippen LogP contribution in [0.2, 0.25) is 0 Å². The third-order valence-corrected chi connectivity index (χ3v) is 3.62. The minimum atomic E-state index is -0.496. The first-order valence-corrected chi connectivity index (χ1v) is 7.94. The molecule has 0 aliphatic rings. The number of nitrogens with one attached hydrogen (secondary N) is 1. The van der Waals surface area contributed by atoms with Gasteiger partial charge in [0.25, 0.3) is 5.91 Å². The number of carbonyl (C=O) groups is 2. The number of halogens is 1. The highest BCUT2D eigenvalue weighted by Gasteiger charge is 2.15. The lowest BCUT2D eigenvalue weighted by atomic mass is 10.2. The number of ether oxygens (including phenoxy) is 1. The van der Waals surface area contributed by atoms with Crippen molar-refractivity contribution in [1.29, 1.82) is 0 Å². The van der Waals surface area contributed by atoms with E-state index in [1.807, 2.05) is 30.3 Å². The summed E-state index contributed by atoms with van der Waals surface area (Å²) in [4.78, 5) is 26.1. The molecular formula is C19H21FN2O3. The summed E-state index contributed by atoms with van der Waals surface area (Å²) >= 11 is 0. The number of hydrogen-bond donors (Lipinski definition) is 1. The molecule has 0 aliphatic heterocycles. The third kappa shape index (κ3) is 6.00. The van der Waals surface area contributed by atoms with E-state index in [9.17, 15) is 14.0 Å². The van der Waals surface area contributed by atoms with Gasteiger partial charge in [0.05, 0.1) is 13.2 Å². The fraction of sp³-hybridized carbons (Fsp3) is 0.263. The molecule has 0 saturated heterocycles. The Bertz CT molecular complexity index is 707. The van der Waals surface area contributed by atoms with Crippen molar-refractivity contribution in [3.8, 4) is 0 Å². The van der Waals surface area contributed by atoms with Crippen LogP contribution in [0.25, 0.3) is 0 Å². The van der Waals surface area contributed by atoms with E-state index in [0.29, 0.717) is 19.7 Å². The lowest BCUT2D eigenvalue weighted by Crippen LogP contribution is -2.41. The summed E-state index contributed by atoms with van der Waals surface area (Å²) < 4.78 is 18.2. The van der Waals surface area contributed by atoms with E-state index < -0.39 is 11.7 Å². The minimum Gasteiger partial charge on any atom is -0.383 e. The molecule has 2 rings (SSSR count). The summed E-state index contributed by atoms with van der Waals surface area (Å²) in [6, 6.07) is 14.9. The molecule has 2 amide bonds. The maximum atomic E-state index is 13.2. The van der Waals surface area contributed by atoms with Gasteiger partial charge in [-0.3, -0.25) is 9.59 Å². The van der Waals surface area contributed by atoms with Crippen LogP contribution in [-0.4, -0.2) is 43.5 Å². The predicted octanol–water partition coefficient (Wildman–Crippen LogP) is 2.23. The van der Waals surface area contributed by atoms with E-state index in [1.54, 1.807) is 12.0 Å². The molecule has 0 unspecified atom stereocenters. The van der Waals surface area contributed by atoms with Crippen molar-refractivity contribution >= 4 is 11.8 Å². The first-order valence-electron chi connectivity index (χ1n) is 7.94. The van der Waals surface area contributed by atoms with E-state index >= 15 is 0 Å². The van der Waals surface area contributed by atoms with Crippen LogP contribution in [-0.2, 0) is 16.1 Å². The Balaban J connectivity index is 1.95. The number of nitrogens with zero attached hydrogens (tertiary/aromatic N) is 1. The molecule has 0 saturated carbocycles. The molecule has 2 aromatic rings. The van der Waals surface area contributed by atoms with Crippen molar-refractivity contribution in [2.75, 3.05) is 26.8 Å². The van der Waals surface area contributed by atoms with Crippen molar-refractivity contribution in [2.24, 2.45) is 0 Å². The SMILES string of the molecule is COCCN(Cc1ccccc1)C(=O)CNC(=O)c1cccc(F)c1. The maximum absolute atomic E-state index is 13.2. The zero-order valence-corrected chi connectivity index (χ0v) is 14.1. The number of hydrogen-bond acceptors (Lipinski definition) is 3. The van der Waals surface area contributed by atoms with Crippen LogP contribution in [0.4, 0.5) is 4.39 Å². The molecule has 1 N–H and O–H groups in total. The molecule has 132 valence electrons. The number of amides is 2. The van der Waals surface area contributed by atoms with Gasteiger partial charge in [0.2, 0.25) is 5.91 Å². The van der Waals surface area contributed by atoms with Gasteiger partial charge in [0.1, 0.15) is 5.82 Å². The number of rotatable bonds is 8. The van der Waals surface area contributed by atoms with Gasteiger partial charge in [-0.05, 0) is 23.8 Å². The zero-order chi connectivity index (χ0) is 18.1. The van der Waals surface area contributed by atoms with Gasteiger partial charge in [0.15, 0.2) is 0 Å². The first-order chi connectivity index (χ1) is 12.1. The summed E-state index contributed by atoms with van der Waals surface area (Å²) in [5, 5.41) is 2.53. The molecule has 0 bridgehead atoms. The smallest absolute Gasteiger partial charge is 0.251 e. The summed E-state index contributed by atoms with van der Waals surface area (Å²) in [6.45, 7) is 1.08. The van der Waals surface area contributed by atoms with Gasteiger partial charge in [-0.25, -0.2) is 4.39 Å². The van der Waals surface area contributed by atoms with Crippen LogP contribution in [0.3, 0.4) is 0 Å². The van der Waals surface area contributed by atoms with Crippen molar-refractivity contribution in [1.82, 2.24) is 10.2 Å². The van der Waals surface area contributed by atoms with Gasteiger partial charge < -0.3 is 15.0 Å². The molecule has 25 heavy (non-hydrogen) atoms. The molecule has 0 spiro atoms. The first kappa shape index (κ1) is 18.6. The van der Waals surface area contributed by atoms with E-state index in [0.717, 1.165) is 11.6 Å². The summed E-state index contributed by atoms with van der Waals surface area (Å²) in [5.41, 5.74) is 1.17. The normalized spacial score (nSPS) is 10.3. The van der Waals surface area contributed by atoms with Crippen LogP contribution in [0, 0.1) is 5.82 Å². The highest BCUT2D eigenvalue weighted by molar-refractivity contribution is 5.96. The Labute approximate surface area is 146 Å². The average molecular weight is 344 g/mol. The summed E-state index contributed by atoms with van der Waals surface area (Å²) in [5.74, 6) is -1.21. The molecule has 0 atom stereocenters. The molecule has 5 nitrogen and oxygen atoms in total. The lowest BCUT2D eigenvalue weighted by Gasteiger charge is -2.22. The van der Waals surface area contributed by atoms with E-state index in [2.05, 4.69) is 5.32 Å². The quantitative estimate of drug-likeness (QED) is 0.799. The van der Waals surface area contributed by atoms with E-state index in [-0.39, 0.29) is 18.0 Å². The molecule has 6 heteroatoms. The Morgan fingerprint density at radius 2 is 1.88 bits per heavy atom. The molecule has 0 aromatic heterocycles. The van der Waals surface area contributed by atoms with Crippen molar-refractivity contribution in [3.05, 3.63) is 71.5 Å². The Morgan fingerprint density at radius 1 is 1.12 bits per heavy atom. The molecule has 2 aromatic carbocycles. The van der Waals surface area contributed by atoms with E-state index in [4.69, 9.17) is 4.74 Å². The minimum absolute atomic E-state index is 0.161. The molecule has 0 fully saturated rings. The zero-order valence-electron chi connectivity index (χ0n) is 14.1. The standard InChI is InChI=1S/C19H21FN2O3/c1-25-11-10-22(14-15-6-3-2-4-7-15)18(23)13-21-19(24)16-8-5-9-17(20)12-16/h2-9,12H,10-11,13-14H2,1H3,(H,21,24). The van der Waals surface area contributed by atoms with Gasteiger partial charge >= 0.3 is 0 Å². The van der Waals surface area contributed by atoms with Crippen LogP contribution < -0.4 is 5.32 Å². The molecular weight excluding hydrogens is 323 g/mol. The monoisotopic (exact) mass is 344 g/mol. The molecule has 0 aliphatic carbocycles. The van der Waals surface area contributed by atoms with Gasteiger partial charge in [-0.1, -0.05) is 36.4 Å². The van der Waals surface area contributed by atoms with Crippen molar-refractivity contribution < 1.29 is 18.7 Å². The predicted molar refractivity (Wildman–Crippen MR) is 92.5 cm³/mol. The van der Waals surface area contributed by atoms with E-state index in [1.165, 1.54) is 18.2 Å².